The van der Waals surface area contributed by atoms with Crippen molar-refractivity contribution < 1.29 is 14.3 Å². The third kappa shape index (κ3) is 4.00. The summed E-state index contributed by atoms with van der Waals surface area (Å²) in [5.41, 5.74) is 1.39. The van der Waals surface area contributed by atoms with Gasteiger partial charge in [0.25, 0.3) is 5.91 Å². The number of hydrogen-bond acceptors (Lipinski definition) is 3. The monoisotopic (exact) mass is 312 g/mol. The second-order valence-corrected chi connectivity index (χ2v) is 5.91. The summed E-state index contributed by atoms with van der Waals surface area (Å²) in [6.45, 7) is 1.74. The first kappa shape index (κ1) is 15.3. The second kappa shape index (κ2) is 6.69. The molecule has 1 amide bonds. The third-order valence-corrected chi connectivity index (χ3v) is 4.06. The maximum absolute atomic E-state index is 12.0. The van der Waals surface area contributed by atoms with Gasteiger partial charge in [0.1, 0.15) is 0 Å². The van der Waals surface area contributed by atoms with E-state index in [-0.39, 0.29) is 18.6 Å². The van der Waals surface area contributed by atoms with E-state index in [0.29, 0.717) is 11.5 Å². The van der Waals surface area contributed by atoms with E-state index >= 15 is 0 Å². The van der Waals surface area contributed by atoms with Gasteiger partial charge >= 0.3 is 5.97 Å². The summed E-state index contributed by atoms with van der Waals surface area (Å²) < 4.78 is 7.01. The predicted molar refractivity (Wildman–Crippen MR) is 86.4 cm³/mol. The maximum atomic E-state index is 12.0. The van der Waals surface area contributed by atoms with Crippen molar-refractivity contribution in [2.24, 2.45) is 5.92 Å². The lowest BCUT2D eigenvalue weighted by Gasteiger charge is -2.12. The van der Waals surface area contributed by atoms with Gasteiger partial charge in [-0.05, 0) is 62.1 Å². The Bertz CT molecular complexity index is 673. The highest BCUT2D eigenvalue weighted by atomic mass is 16.5. The van der Waals surface area contributed by atoms with Crippen LogP contribution in [0.5, 0.6) is 0 Å². The number of amides is 1. The van der Waals surface area contributed by atoms with E-state index < -0.39 is 5.97 Å². The molecule has 0 radical (unpaired) electrons. The molecule has 1 saturated carbocycles. The van der Waals surface area contributed by atoms with Gasteiger partial charge in [0.05, 0.1) is 5.56 Å². The Kier molecular flexibility index (Phi) is 4.46. The van der Waals surface area contributed by atoms with Crippen molar-refractivity contribution in [3.63, 3.8) is 0 Å². The molecule has 23 heavy (non-hydrogen) atoms. The van der Waals surface area contributed by atoms with Crippen LogP contribution in [0.1, 0.15) is 30.1 Å². The molecule has 1 N–H and O–H groups in total. The SMILES string of the molecule is C[C@H](NC(=O)COC(=O)c1ccc(-n2cccc2)cc1)C1CC1. The maximum Gasteiger partial charge on any atom is 0.338 e. The van der Waals surface area contributed by atoms with Crippen LogP contribution in [-0.4, -0.2) is 29.1 Å². The average molecular weight is 312 g/mol. The van der Waals surface area contributed by atoms with Crippen molar-refractivity contribution in [1.82, 2.24) is 9.88 Å². The number of rotatable bonds is 6. The Balaban J connectivity index is 1.50. The Morgan fingerprint density at radius 1 is 1.22 bits per heavy atom. The van der Waals surface area contributed by atoms with Crippen LogP contribution in [0, 0.1) is 5.92 Å². The Hall–Kier alpha value is -2.56. The summed E-state index contributed by atoms with van der Waals surface area (Å²) in [5.74, 6) is -0.157. The Morgan fingerprint density at radius 3 is 2.48 bits per heavy atom. The number of ether oxygens (including phenoxy) is 1. The van der Waals surface area contributed by atoms with Crippen LogP contribution in [0.4, 0.5) is 0 Å². The smallest absolute Gasteiger partial charge is 0.338 e. The molecule has 1 aliphatic rings. The number of carbonyl (C=O) groups excluding carboxylic acids is 2. The van der Waals surface area contributed by atoms with Crippen LogP contribution in [0.3, 0.4) is 0 Å². The van der Waals surface area contributed by atoms with Gasteiger partial charge in [-0.25, -0.2) is 4.79 Å². The molecule has 3 rings (SSSR count). The van der Waals surface area contributed by atoms with Gasteiger partial charge < -0.3 is 14.6 Å². The topological polar surface area (TPSA) is 60.3 Å². The first-order chi connectivity index (χ1) is 11.1. The Labute approximate surface area is 135 Å². The predicted octanol–water partition coefficient (Wildman–Crippen LogP) is 2.55. The van der Waals surface area contributed by atoms with E-state index in [1.54, 1.807) is 12.1 Å². The van der Waals surface area contributed by atoms with E-state index in [2.05, 4.69) is 5.32 Å². The molecule has 1 atom stereocenters. The standard InChI is InChI=1S/C18H20N2O3/c1-13(14-4-5-14)19-17(21)12-23-18(22)15-6-8-16(9-7-15)20-10-2-3-11-20/h2-3,6-11,13-14H,4-5,12H2,1H3,(H,19,21)/t13-/m0/s1. The highest BCUT2D eigenvalue weighted by Gasteiger charge is 2.28. The fourth-order valence-electron chi connectivity index (χ4n) is 2.50. The van der Waals surface area contributed by atoms with Gasteiger partial charge in [-0.15, -0.1) is 0 Å². The van der Waals surface area contributed by atoms with Crippen molar-refractivity contribution in [2.75, 3.05) is 6.61 Å². The zero-order chi connectivity index (χ0) is 16.2. The molecule has 2 aromatic rings. The van der Waals surface area contributed by atoms with Crippen molar-refractivity contribution in [3.05, 3.63) is 54.4 Å². The molecule has 5 nitrogen and oxygen atoms in total. The molecule has 1 aromatic heterocycles. The summed E-state index contributed by atoms with van der Waals surface area (Å²) in [6.07, 6.45) is 6.18. The lowest BCUT2D eigenvalue weighted by molar-refractivity contribution is -0.124. The second-order valence-electron chi connectivity index (χ2n) is 5.91. The molecule has 0 spiro atoms. The lowest BCUT2D eigenvalue weighted by atomic mass is 10.2. The Morgan fingerprint density at radius 2 is 1.87 bits per heavy atom. The molecule has 1 heterocycles. The largest absolute Gasteiger partial charge is 0.452 e. The zero-order valence-electron chi connectivity index (χ0n) is 13.1. The molecular formula is C18H20N2O3. The summed E-state index contributed by atoms with van der Waals surface area (Å²) in [6, 6.07) is 11.1. The van der Waals surface area contributed by atoms with E-state index in [9.17, 15) is 9.59 Å². The van der Waals surface area contributed by atoms with E-state index in [4.69, 9.17) is 4.74 Å². The molecule has 0 bridgehead atoms. The van der Waals surface area contributed by atoms with Crippen LogP contribution in [0.2, 0.25) is 0 Å². The zero-order valence-corrected chi connectivity index (χ0v) is 13.1. The van der Waals surface area contributed by atoms with E-state index in [1.165, 1.54) is 0 Å². The van der Waals surface area contributed by atoms with Crippen molar-refractivity contribution >= 4 is 11.9 Å². The first-order valence-corrected chi connectivity index (χ1v) is 7.83. The molecular weight excluding hydrogens is 292 g/mol. The van der Waals surface area contributed by atoms with Crippen LogP contribution in [0.15, 0.2) is 48.8 Å². The van der Waals surface area contributed by atoms with Gasteiger partial charge in [-0.1, -0.05) is 0 Å². The summed E-state index contributed by atoms with van der Waals surface area (Å²) >= 11 is 0. The minimum atomic E-state index is -0.488. The highest BCUT2D eigenvalue weighted by Crippen LogP contribution is 2.32. The van der Waals surface area contributed by atoms with Crippen LogP contribution >= 0.6 is 0 Å². The molecule has 1 aromatic carbocycles. The summed E-state index contributed by atoms with van der Waals surface area (Å²) in [5, 5.41) is 2.86. The van der Waals surface area contributed by atoms with Gasteiger partial charge in [-0.3, -0.25) is 4.79 Å². The number of aromatic nitrogens is 1. The molecule has 5 heteroatoms. The van der Waals surface area contributed by atoms with Gasteiger partial charge in [0.2, 0.25) is 0 Å². The number of benzene rings is 1. The van der Waals surface area contributed by atoms with Crippen LogP contribution < -0.4 is 5.32 Å². The highest BCUT2D eigenvalue weighted by molar-refractivity contribution is 5.91. The number of nitrogens with zero attached hydrogens (tertiary/aromatic N) is 1. The van der Waals surface area contributed by atoms with Gasteiger partial charge in [0.15, 0.2) is 6.61 Å². The van der Waals surface area contributed by atoms with Gasteiger partial charge in [-0.2, -0.15) is 0 Å². The lowest BCUT2D eigenvalue weighted by Crippen LogP contribution is -2.37. The number of esters is 1. The average Bonchev–Trinajstić information content (AvgIpc) is 3.28. The molecule has 0 unspecified atom stereocenters. The summed E-state index contributed by atoms with van der Waals surface area (Å²) in [7, 11) is 0. The number of nitrogens with one attached hydrogen (secondary N) is 1. The fraction of sp³-hybridized carbons (Fsp3) is 0.333. The van der Waals surface area contributed by atoms with Crippen molar-refractivity contribution in [3.8, 4) is 5.69 Å². The fourth-order valence-corrected chi connectivity index (χ4v) is 2.50. The normalized spacial score (nSPS) is 15.0. The first-order valence-electron chi connectivity index (χ1n) is 7.83. The molecule has 1 fully saturated rings. The quantitative estimate of drug-likeness (QED) is 0.834. The van der Waals surface area contributed by atoms with Gasteiger partial charge in [0, 0.05) is 24.1 Å². The molecule has 0 saturated heterocycles. The molecule has 1 aliphatic carbocycles. The summed E-state index contributed by atoms with van der Waals surface area (Å²) in [4.78, 5) is 23.7. The van der Waals surface area contributed by atoms with E-state index in [1.807, 2.05) is 48.1 Å². The van der Waals surface area contributed by atoms with Crippen molar-refractivity contribution in [2.45, 2.75) is 25.8 Å². The third-order valence-electron chi connectivity index (χ3n) is 4.06. The minimum absolute atomic E-state index is 0.155. The number of hydrogen-bond donors (Lipinski definition) is 1. The molecule has 0 aliphatic heterocycles. The number of carbonyl (C=O) groups is 2. The minimum Gasteiger partial charge on any atom is -0.452 e. The van der Waals surface area contributed by atoms with Crippen LogP contribution in [0.25, 0.3) is 5.69 Å². The van der Waals surface area contributed by atoms with Crippen LogP contribution in [-0.2, 0) is 9.53 Å². The van der Waals surface area contributed by atoms with Crippen molar-refractivity contribution in [1.29, 1.82) is 0 Å². The van der Waals surface area contributed by atoms with E-state index in [0.717, 1.165) is 18.5 Å². The molecule has 120 valence electrons.